The lowest BCUT2D eigenvalue weighted by Gasteiger charge is -2.16. The Labute approximate surface area is 103 Å². The zero-order valence-electron chi connectivity index (χ0n) is 9.41. The van der Waals surface area contributed by atoms with Crippen LogP contribution in [0.25, 0.3) is 0 Å². The molecule has 1 atom stereocenters. The second-order valence-electron chi connectivity index (χ2n) is 3.39. The Bertz CT molecular complexity index is 417. The number of anilines is 1. The van der Waals surface area contributed by atoms with Crippen molar-refractivity contribution >= 4 is 14.0 Å². The van der Waals surface area contributed by atoms with E-state index >= 15 is 0 Å². The second-order valence-corrected chi connectivity index (χ2v) is 4.81. The largest absolute Gasteiger partial charge is 0.450 e. The summed E-state index contributed by atoms with van der Waals surface area (Å²) in [5, 5.41) is 3.30. The summed E-state index contributed by atoms with van der Waals surface area (Å²) < 4.78 is 5.80. The molecule has 2 aromatic carbocycles. The Morgan fingerprint density at radius 3 is 2.12 bits per heavy atom. The van der Waals surface area contributed by atoms with Crippen LogP contribution in [-0.2, 0) is 0 Å². The molecule has 2 rings (SSSR count). The molecule has 1 N–H and O–H groups in total. The van der Waals surface area contributed by atoms with Crippen molar-refractivity contribution < 1.29 is 4.52 Å². The number of nitrogens with one attached hydrogen (secondary N) is 1. The predicted octanol–water partition coefficient (Wildman–Crippen LogP) is 4.63. The fraction of sp³-hybridized carbons (Fsp3) is 0. The molecule has 0 aliphatic carbocycles. The topological polar surface area (TPSA) is 21.3 Å². The first-order valence-electron chi connectivity index (χ1n) is 5.35. The lowest BCUT2D eigenvalue weighted by molar-refractivity contribution is 0.625. The Morgan fingerprint density at radius 2 is 1.53 bits per heavy atom. The molecular formula is C14H14NOP. The molecule has 0 saturated heterocycles. The second kappa shape index (κ2) is 6.07. The maximum Gasteiger partial charge on any atom is 0.214 e. The SMILES string of the molecule is C=CP(Nc1ccccc1)Oc1ccccc1. The monoisotopic (exact) mass is 243 g/mol. The smallest absolute Gasteiger partial charge is 0.214 e. The fourth-order valence-electron chi connectivity index (χ4n) is 1.34. The number of rotatable bonds is 5. The molecule has 0 fully saturated rings. The van der Waals surface area contributed by atoms with Gasteiger partial charge < -0.3 is 9.61 Å². The Hall–Kier alpha value is -1.79. The van der Waals surface area contributed by atoms with Crippen molar-refractivity contribution in [3.8, 4) is 5.75 Å². The first kappa shape index (κ1) is 11.7. The van der Waals surface area contributed by atoms with Crippen molar-refractivity contribution in [3.63, 3.8) is 0 Å². The van der Waals surface area contributed by atoms with Crippen LogP contribution in [0, 0.1) is 0 Å². The Kier molecular flexibility index (Phi) is 4.17. The van der Waals surface area contributed by atoms with E-state index in [2.05, 4.69) is 11.7 Å². The third-order valence-corrected chi connectivity index (χ3v) is 3.34. The van der Waals surface area contributed by atoms with Crippen molar-refractivity contribution in [1.82, 2.24) is 0 Å². The molecule has 0 aliphatic rings. The van der Waals surface area contributed by atoms with E-state index in [1.807, 2.05) is 60.7 Å². The van der Waals surface area contributed by atoms with E-state index in [1.165, 1.54) is 0 Å². The minimum atomic E-state index is -0.897. The van der Waals surface area contributed by atoms with Crippen LogP contribution in [0.3, 0.4) is 0 Å². The van der Waals surface area contributed by atoms with Gasteiger partial charge >= 0.3 is 0 Å². The average molecular weight is 243 g/mol. The van der Waals surface area contributed by atoms with Crippen molar-refractivity contribution in [2.75, 3.05) is 5.09 Å². The van der Waals surface area contributed by atoms with E-state index in [4.69, 9.17) is 4.52 Å². The predicted molar refractivity (Wildman–Crippen MR) is 74.3 cm³/mol. The van der Waals surface area contributed by atoms with Gasteiger partial charge in [-0.2, -0.15) is 0 Å². The zero-order chi connectivity index (χ0) is 11.9. The molecular weight excluding hydrogens is 229 g/mol. The van der Waals surface area contributed by atoms with Gasteiger partial charge in [-0.15, -0.1) is 0 Å². The summed E-state index contributed by atoms with van der Waals surface area (Å²) in [6, 6.07) is 19.7. The molecule has 0 heterocycles. The van der Waals surface area contributed by atoms with E-state index in [1.54, 1.807) is 5.82 Å². The lowest BCUT2D eigenvalue weighted by atomic mass is 10.3. The van der Waals surface area contributed by atoms with Gasteiger partial charge in [-0.3, -0.25) is 0 Å². The van der Waals surface area contributed by atoms with Gasteiger partial charge in [0.15, 0.2) is 0 Å². The van der Waals surface area contributed by atoms with Crippen LogP contribution in [0.4, 0.5) is 5.69 Å². The highest BCUT2D eigenvalue weighted by molar-refractivity contribution is 7.57. The number of hydrogen-bond donors (Lipinski definition) is 1. The van der Waals surface area contributed by atoms with Crippen molar-refractivity contribution in [2.24, 2.45) is 0 Å². The first-order chi connectivity index (χ1) is 8.38. The first-order valence-corrected chi connectivity index (χ1v) is 6.68. The molecule has 0 amide bonds. The summed E-state index contributed by atoms with van der Waals surface area (Å²) in [6.07, 6.45) is 0. The number of hydrogen-bond acceptors (Lipinski definition) is 2. The molecule has 17 heavy (non-hydrogen) atoms. The lowest BCUT2D eigenvalue weighted by Crippen LogP contribution is -1.95. The summed E-state index contributed by atoms with van der Waals surface area (Å²) in [4.78, 5) is 0. The van der Waals surface area contributed by atoms with Crippen molar-refractivity contribution in [2.45, 2.75) is 0 Å². The van der Waals surface area contributed by atoms with Gasteiger partial charge in [-0.25, -0.2) is 0 Å². The van der Waals surface area contributed by atoms with Crippen LogP contribution in [0.1, 0.15) is 0 Å². The van der Waals surface area contributed by atoms with Crippen LogP contribution in [0.2, 0.25) is 0 Å². The van der Waals surface area contributed by atoms with Gasteiger partial charge in [0, 0.05) is 5.69 Å². The van der Waals surface area contributed by atoms with E-state index in [9.17, 15) is 0 Å². The molecule has 86 valence electrons. The van der Waals surface area contributed by atoms with Crippen molar-refractivity contribution in [1.29, 1.82) is 0 Å². The standard InChI is InChI=1S/C14H14NOP/c1-2-17(15-13-9-5-3-6-10-13)16-14-11-7-4-8-12-14/h2-12,15H,1H2. The summed E-state index contributed by atoms with van der Waals surface area (Å²) in [6.45, 7) is 3.79. The van der Waals surface area contributed by atoms with E-state index in [-0.39, 0.29) is 0 Å². The summed E-state index contributed by atoms with van der Waals surface area (Å²) in [5.74, 6) is 2.65. The fourth-order valence-corrected chi connectivity index (χ4v) is 2.30. The van der Waals surface area contributed by atoms with Crippen molar-refractivity contribution in [3.05, 3.63) is 73.1 Å². The highest BCUT2D eigenvalue weighted by Crippen LogP contribution is 2.39. The van der Waals surface area contributed by atoms with E-state index in [0.29, 0.717) is 0 Å². The Morgan fingerprint density at radius 1 is 0.941 bits per heavy atom. The van der Waals surface area contributed by atoms with Crippen LogP contribution >= 0.6 is 8.30 Å². The molecule has 2 nitrogen and oxygen atoms in total. The minimum Gasteiger partial charge on any atom is -0.450 e. The van der Waals surface area contributed by atoms with Gasteiger partial charge in [0.2, 0.25) is 8.30 Å². The molecule has 0 radical (unpaired) electrons. The average Bonchev–Trinajstić information content (AvgIpc) is 2.40. The molecule has 0 bridgehead atoms. The zero-order valence-corrected chi connectivity index (χ0v) is 10.3. The number of para-hydroxylation sites is 2. The maximum atomic E-state index is 5.80. The number of benzene rings is 2. The summed E-state index contributed by atoms with van der Waals surface area (Å²) in [5.41, 5.74) is 1.04. The molecule has 0 saturated carbocycles. The van der Waals surface area contributed by atoms with Crippen LogP contribution in [0.5, 0.6) is 5.75 Å². The van der Waals surface area contributed by atoms with Crippen LogP contribution in [0.15, 0.2) is 73.1 Å². The van der Waals surface area contributed by atoms with Gasteiger partial charge in [-0.1, -0.05) is 43.0 Å². The third-order valence-electron chi connectivity index (χ3n) is 2.13. The highest BCUT2D eigenvalue weighted by atomic mass is 31.2. The van der Waals surface area contributed by atoms with Gasteiger partial charge in [0.25, 0.3) is 0 Å². The Balaban J connectivity index is 2.01. The molecule has 1 unspecified atom stereocenters. The highest BCUT2D eigenvalue weighted by Gasteiger charge is 2.05. The quantitative estimate of drug-likeness (QED) is 0.773. The van der Waals surface area contributed by atoms with Gasteiger partial charge in [0.1, 0.15) is 5.75 Å². The molecule has 0 spiro atoms. The van der Waals surface area contributed by atoms with Gasteiger partial charge in [0.05, 0.1) is 0 Å². The molecule has 3 heteroatoms. The minimum absolute atomic E-state index is 0.849. The van der Waals surface area contributed by atoms with E-state index < -0.39 is 8.30 Å². The molecule has 0 aromatic heterocycles. The van der Waals surface area contributed by atoms with E-state index in [0.717, 1.165) is 11.4 Å². The van der Waals surface area contributed by atoms with Gasteiger partial charge in [-0.05, 0) is 30.1 Å². The summed E-state index contributed by atoms with van der Waals surface area (Å²) in [7, 11) is -0.897. The maximum absolute atomic E-state index is 5.80. The third kappa shape index (κ3) is 3.61. The normalized spacial score (nSPS) is 11.5. The molecule has 0 aliphatic heterocycles. The molecule has 2 aromatic rings. The van der Waals surface area contributed by atoms with Crippen LogP contribution in [-0.4, -0.2) is 0 Å². The summed E-state index contributed by atoms with van der Waals surface area (Å²) >= 11 is 0. The van der Waals surface area contributed by atoms with Crippen LogP contribution < -0.4 is 9.61 Å².